The van der Waals surface area contributed by atoms with Crippen molar-refractivity contribution in [3.63, 3.8) is 0 Å². The van der Waals surface area contributed by atoms with E-state index in [2.05, 4.69) is 17.1 Å². The van der Waals surface area contributed by atoms with E-state index in [1.165, 1.54) is 51.7 Å². The highest BCUT2D eigenvalue weighted by molar-refractivity contribution is 4.90. The minimum absolute atomic E-state index is 0.452. The van der Waals surface area contributed by atoms with E-state index >= 15 is 0 Å². The van der Waals surface area contributed by atoms with E-state index in [1.54, 1.807) is 0 Å². The lowest BCUT2D eigenvalue weighted by molar-refractivity contribution is 0.0128. The molecule has 2 aliphatic heterocycles. The van der Waals surface area contributed by atoms with Crippen LogP contribution in [0.15, 0.2) is 0 Å². The highest BCUT2D eigenvalue weighted by Crippen LogP contribution is 2.31. The van der Waals surface area contributed by atoms with Crippen molar-refractivity contribution in [2.75, 3.05) is 26.2 Å². The molecule has 17 heavy (non-hydrogen) atoms. The molecule has 3 heteroatoms. The SMILES string of the molecule is CC1CC(NCC2CCN(C3CC3)C2)CCO1. The molecule has 2 saturated heterocycles. The summed E-state index contributed by atoms with van der Waals surface area (Å²) < 4.78 is 5.59. The molecule has 98 valence electrons. The Morgan fingerprint density at radius 2 is 2.12 bits per heavy atom. The maximum atomic E-state index is 5.59. The van der Waals surface area contributed by atoms with E-state index in [0.29, 0.717) is 12.1 Å². The summed E-state index contributed by atoms with van der Waals surface area (Å²) in [5, 5.41) is 3.77. The zero-order valence-electron chi connectivity index (χ0n) is 11.0. The quantitative estimate of drug-likeness (QED) is 0.805. The highest BCUT2D eigenvalue weighted by atomic mass is 16.5. The Morgan fingerprint density at radius 3 is 2.88 bits per heavy atom. The van der Waals surface area contributed by atoms with Crippen LogP contribution in [0, 0.1) is 5.92 Å². The predicted molar refractivity (Wildman–Crippen MR) is 69.1 cm³/mol. The highest BCUT2D eigenvalue weighted by Gasteiger charge is 2.34. The fraction of sp³-hybridized carbons (Fsp3) is 1.00. The first-order chi connectivity index (χ1) is 8.31. The summed E-state index contributed by atoms with van der Waals surface area (Å²) in [7, 11) is 0. The van der Waals surface area contributed by atoms with Gasteiger partial charge in [0.2, 0.25) is 0 Å². The van der Waals surface area contributed by atoms with E-state index in [1.807, 2.05) is 0 Å². The molecule has 3 atom stereocenters. The van der Waals surface area contributed by atoms with Crippen LogP contribution in [0.5, 0.6) is 0 Å². The Balaban J connectivity index is 1.36. The second-order valence-corrected chi connectivity index (χ2v) is 6.19. The van der Waals surface area contributed by atoms with Gasteiger partial charge in [0.25, 0.3) is 0 Å². The van der Waals surface area contributed by atoms with Crippen LogP contribution in [-0.2, 0) is 4.74 Å². The van der Waals surface area contributed by atoms with Gasteiger partial charge in [-0.25, -0.2) is 0 Å². The molecule has 0 aromatic carbocycles. The van der Waals surface area contributed by atoms with Crippen LogP contribution < -0.4 is 5.32 Å². The second kappa shape index (κ2) is 5.25. The van der Waals surface area contributed by atoms with Crippen molar-refractivity contribution in [1.29, 1.82) is 0 Å². The third-order valence-corrected chi connectivity index (χ3v) is 4.56. The summed E-state index contributed by atoms with van der Waals surface area (Å²) in [4.78, 5) is 2.71. The number of nitrogens with zero attached hydrogens (tertiary/aromatic N) is 1. The molecule has 2 heterocycles. The molecular formula is C14H26N2O. The summed E-state index contributed by atoms with van der Waals surface area (Å²) in [5.74, 6) is 0.897. The minimum atomic E-state index is 0.452. The van der Waals surface area contributed by atoms with Gasteiger partial charge in [-0.3, -0.25) is 0 Å². The van der Waals surface area contributed by atoms with Crippen molar-refractivity contribution in [3.8, 4) is 0 Å². The van der Waals surface area contributed by atoms with Gasteiger partial charge in [0.05, 0.1) is 6.10 Å². The molecular weight excluding hydrogens is 212 g/mol. The van der Waals surface area contributed by atoms with Gasteiger partial charge in [0, 0.05) is 25.2 Å². The summed E-state index contributed by atoms with van der Waals surface area (Å²) in [6.45, 7) is 7.05. The van der Waals surface area contributed by atoms with Crippen molar-refractivity contribution < 1.29 is 4.74 Å². The van der Waals surface area contributed by atoms with E-state index in [0.717, 1.165) is 18.6 Å². The second-order valence-electron chi connectivity index (χ2n) is 6.19. The first-order valence-electron chi connectivity index (χ1n) is 7.40. The van der Waals surface area contributed by atoms with Gasteiger partial charge < -0.3 is 15.0 Å². The number of hydrogen-bond donors (Lipinski definition) is 1. The number of likely N-dealkylation sites (tertiary alicyclic amines) is 1. The van der Waals surface area contributed by atoms with Gasteiger partial charge >= 0.3 is 0 Å². The predicted octanol–water partition coefficient (Wildman–Crippen LogP) is 1.63. The molecule has 1 N–H and O–H groups in total. The topological polar surface area (TPSA) is 24.5 Å². The third-order valence-electron chi connectivity index (χ3n) is 4.56. The number of ether oxygens (including phenoxy) is 1. The van der Waals surface area contributed by atoms with Crippen molar-refractivity contribution in [2.24, 2.45) is 5.92 Å². The average molecular weight is 238 g/mol. The average Bonchev–Trinajstić information content (AvgIpc) is 3.07. The lowest BCUT2D eigenvalue weighted by atomic mass is 10.0. The van der Waals surface area contributed by atoms with Gasteiger partial charge in [-0.15, -0.1) is 0 Å². The molecule has 3 aliphatic rings. The van der Waals surface area contributed by atoms with Gasteiger partial charge in [0.1, 0.15) is 0 Å². The molecule has 3 nitrogen and oxygen atoms in total. The Morgan fingerprint density at radius 1 is 1.24 bits per heavy atom. The fourth-order valence-electron chi connectivity index (χ4n) is 3.32. The molecule has 0 aromatic heterocycles. The number of rotatable bonds is 4. The van der Waals surface area contributed by atoms with E-state index < -0.39 is 0 Å². The lowest BCUT2D eigenvalue weighted by Gasteiger charge is -2.29. The molecule has 0 aromatic rings. The molecule has 0 amide bonds. The van der Waals surface area contributed by atoms with E-state index in [-0.39, 0.29) is 0 Å². The first-order valence-corrected chi connectivity index (χ1v) is 7.40. The van der Waals surface area contributed by atoms with Gasteiger partial charge in [-0.2, -0.15) is 0 Å². The number of hydrogen-bond acceptors (Lipinski definition) is 3. The maximum absolute atomic E-state index is 5.59. The standard InChI is InChI=1S/C14H26N2O/c1-11-8-13(5-7-17-11)15-9-12-4-6-16(10-12)14-2-3-14/h11-15H,2-10H2,1H3. The molecule has 0 bridgehead atoms. The third kappa shape index (κ3) is 3.21. The van der Waals surface area contributed by atoms with Gasteiger partial charge in [-0.1, -0.05) is 0 Å². The Labute approximate surface area is 105 Å². The maximum Gasteiger partial charge on any atom is 0.0561 e. The molecule has 0 spiro atoms. The normalized spacial score (nSPS) is 39.7. The Bertz CT molecular complexity index is 255. The van der Waals surface area contributed by atoms with Crippen LogP contribution in [-0.4, -0.2) is 49.3 Å². The van der Waals surface area contributed by atoms with Gasteiger partial charge in [-0.05, 0) is 58.0 Å². The summed E-state index contributed by atoms with van der Waals surface area (Å²) in [6, 6.07) is 1.66. The Kier molecular flexibility index (Phi) is 3.69. The largest absolute Gasteiger partial charge is 0.378 e. The molecule has 0 radical (unpaired) electrons. The van der Waals surface area contributed by atoms with Crippen molar-refractivity contribution in [3.05, 3.63) is 0 Å². The van der Waals surface area contributed by atoms with Crippen molar-refractivity contribution >= 4 is 0 Å². The molecule has 1 aliphatic carbocycles. The van der Waals surface area contributed by atoms with Crippen molar-refractivity contribution in [2.45, 2.75) is 57.2 Å². The minimum Gasteiger partial charge on any atom is -0.378 e. The zero-order valence-corrected chi connectivity index (χ0v) is 11.0. The van der Waals surface area contributed by atoms with Crippen LogP contribution >= 0.6 is 0 Å². The molecule has 3 unspecified atom stereocenters. The van der Waals surface area contributed by atoms with Crippen LogP contribution in [0.4, 0.5) is 0 Å². The van der Waals surface area contributed by atoms with Crippen LogP contribution in [0.2, 0.25) is 0 Å². The van der Waals surface area contributed by atoms with Gasteiger partial charge in [0.15, 0.2) is 0 Å². The molecule has 1 saturated carbocycles. The monoisotopic (exact) mass is 238 g/mol. The molecule has 3 fully saturated rings. The first kappa shape index (κ1) is 11.9. The van der Waals surface area contributed by atoms with E-state index in [4.69, 9.17) is 4.74 Å². The summed E-state index contributed by atoms with van der Waals surface area (Å²) in [5.41, 5.74) is 0. The van der Waals surface area contributed by atoms with E-state index in [9.17, 15) is 0 Å². The molecule has 3 rings (SSSR count). The Hall–Kier alpha value is -0.120. The fourth-order valence-corrected chi connectivity index (χ4v) is 3.32. The smallest absolute Gasteiger partial charge is 0.0561 e. The van der Waals surface area contributed by atoms with Crippen LogP contribution in [0.1, 0.15) is 39.0 Å². The van der Waals surface area contributed by atoms with Crippen LogP contribution in [0.3, 0.4) is 0 Å². The van der Waals surface area contributed by atoms with Crippen molar-refractivity contribution in [1.82, 2.24) is 10.2 Å². The number of nitrogens with one attached hydrogen (secondary N) is 1. The van der Waals surface area contributed by atoms with Crippen LogP contribution in [0.25, 0.3) is 0 Å². The lowest BCUT2D eigenvalue weighted by Crippen LogP contribution is -2.40. The zero-order chi connectivity index (χ0) is 11.7. The summed E-state index contributed by atoms with van der Waals surface area (Å²) >= 11 is 0. The summed E-state index contributed by atoms with van der Waals surface area (Å²) in [6.07, 6.45) is 7.16.